The van der Waals surface area contributed by atoms with Gasteiger partial charge in [-0.3, -0.25) is 4.90 Å². The van der Waals surface area contributed by atoms with Crippen molar-refractivity contribution in [2.45, 2.75) is 32.1 Å². The summed E-state index contributed by atoms with van der Waals surface area (Å²) < 4.78 is 5.92. The van der Waals surface area contributed by atoms with Gasteiger partial charge in [0.2, 0.25) is 0 Å². The number of hydrogen-bond donors (Lipinski definition) is 1. The Kier molecular flexibility index (Phi) is 5.37. The van der Waals surface area contributed by atoms with E-state index in [1.54, 1.807) is 12.5 Å². The molecule has 1 aliphatic rings. The minimum atomic E-state index is 0.307. The fourth-order valence-electron chi connectivity index (χ4n) is 2.71. The van der Waals surface area contributed by atoms with Crippen LogP contribution in [0.15, 0.2) is 30.7 Å². The number of piperidine rings is 1. The van der Waals surface area contributed by atoms with Gasteiger partial charge in [-0.15, -0.1) is 0 Å². The Morgan fingerprint density at radius 1 is 1.23 bits per heavy atom. The fraction of sp³-hybridized carbons (Fsp3) is 0.438. The predicted octanol–water partition coefficient (Wildman–Crippen LogP) is 3.90. The molecule has 0 amide bonds. The number of aromatic amines is 1. The summed E-state index contributed by atoms with van der Waals surface area (Å²) in [5.74, 6) is 0. The predicted molar refractivity (Wildman–Crippen MR) is 88.1 cm³/mol. The number of nitrogens with one attached hydrogen (secondary N) is 1. The van der Waals surface area contributed by atoms with Gasteiger partial charge in [-0.1, -0.05) is 29.3 Å². The molecule has 0 saturated carbocycles. The van der Waals surface area contributed by atoms with Crippen molar-refractivity contribution in [1.29, 1.82) is 0 Å². The first kappa shape index (κ1) is 15.8. The number of hydrogen-bond acceptors (Lipinski definition) is 3. The summed E-state index contributed by atoms with van der Waals surface area (Å²) in [7, 11) is 0. The van der Waals surface area contributed by atoms with E-state index in [1.807, 2.05) is 18.2 Å². The van der Waals surface area contributed by atoms with E-state index in [0.717, 1.165) is 53.8 Å². The summed E-state index contributed by atoms with van der Waals surface area (Å²) in [4.78, 5) is 9.43. The maximum atomic E-state index is 6.24. The zero-order valence-corrected chi connectivity index (χ0v) is 13.8. The Labute approximate surface area is 140 Å². The Morgan fingerprint density at radius 2 is 1.95 bits per heavy atom. The van der Waals surface area contributed by atoms with Crippen molar-refractivity contribution in [3.63, 3.8) is 0 Å². The molecule has 3 rings (SSSR count). The first-order valence-corrected chi connectivity index (χ1v) is 8.22. The summed E-state index contributed by atoms with van der Waals surface area (Å²) in [5, 5.41) is 1.48. The second kappa shape index (κ2) is 7.47. The zero-order valence-electron chi connectivity index (χ0n) is 12.3. The van der Waals surface area contributed by atoms with Crippen LogP contribution in [0.25, 0.3) is 0 Å². The molecule has 1 fully saturated rings. The third-order valence-corrected chi connectivity index (χ3v) is 4.72. The summed E-state index contributed by atoms with van der Waals surface area (Å²) in [5.41, 5.74) is 2.04. The molecule has 0 radical (unpaired) electrons. The molecule has 2 aromatic rings. The fourth-order valence-corrected chi connectivity index (χ4v) is 3.23. The SMILES string of the molecule is Clc1cccc(Cl)c1CN1CCC(OCc2cnc[nH]2)CC1. The van der Waals surface area contributed by atoms with Gasteiger partial charge in [0.05, 0.1) is 30.9 Å². The summed E-state index contributed by atoms with van der Waals surface area (Å²) >= 11 is 12.5. The van der Waals surface area contributed by atoms with Gasteiger partial charge in [0.15, 0.2) is 0 Å². The van der Waals surface area contributed by atoms with Gasteiger partial charge in [0.25, 0.3) is 0 Å². The van der Waals surface area contributed by atoms with Crippen LogP contribution in [0.5, 0.6) is 0 Å². The molecule has 0 spiro atoms. The number of benzene rings is 1. The topological polar surface area (TPSA) is 41.1 Å². The minimum Gasteiger partial charge on any atom is -0.372 e. The number of rotatable bonds is 5. The average Bonchev–Trinajstić information content (AvgIpc) is 3.04. The van der Waals surface area contributed by atoms with Crippen LogP contribution in [0.1, 0.15) is 24.1 Å². The van der Waals surface area contributed by atoms with Crippen molar-refractivity contribution in [2.24, 2.45) is 0 Å². The van der Waals surface area contributed by atoms with Gasteiger partial charge < -0.3 is 9.72 Å². The lowest BCUT2D eigenvalue weighted by Crippen LogP contribution is -2.36. The lowest BCUT2D eigenvalue weighted by molar-refractivity contribution is -0.00509. The second-order valence-electron chi connectivity index (χ2n) is 5.56. The van der Waals surface area contributed by atoms with E-state index in [4.69, 9.17) is 27.9 Å². The zero-order chi connectivity index (χ0) is 15.4. The largest absolute Gasteiger partial charge is 0.372 e. The number of imidazole rings is 1. The van der Waals surface area contributed by atoms with Crippen molar-refractivity contribution in [2.75, 3.05) is 13.1 Å². The van der Waals surface area contributed by atoms with Gasteiger partial charge >= 0.3 is 0 Å². The summed E-state index contributed by atoms with van der Waals surface area (Å²) in [6.45, 7) is 3.39. The highest BCUT2D eigenvalue weighted by atomic mass is 35.5. The van der Waals surface area contributed by atoms with Crippen LogP contribution in [0.3, 0.4) is 0 Å². The maximum absolute atomic E-state index is 6.24. The Bertz CT molecular complexity index is 575. The molecule has 1 saturated heterocycles. The van der Waals surface area contributed by atoms with E-state index < -0.39 is 0 Å². The number of nitrogens with zero attached hydrogens (tertiary/aromatic N) is 2. The lowest BCUT2D eigenvalue weighted by atomic mass is 10.1. The summed E-state index contributed by atoms with van der Waals surface area (Å²) in [6.07, 6.45) is 5.83. The number of aromatic nitrogens is 2. The van der Waals surface area contributed by atoms with Crippen LogP contribution in [0.4, 0.5) is 0 Å². The summed E-state index contributed by atoms with van der Waals surface area (Å²) in [6, 6.07) is 5.66. The molecule has 1 aromatic carbocycles. The molecule has 1 aromatic heterocycles. The molecule has 1 N–H and O–H groups in total. The molecule has 118 valence electrons. The van der Waals surface area contributed by atoms with Crippen LogP contribution in [0.2, 0.25) is 10.0 Å². The van der Waals surface area contributed by atoms with Crippen molar-refractivity contribution < 1.29 is 4.74 Å². The van der Waals surface area contributed by atoms with E-state index >= 15 is 0 Å². The van der Waals surface area contributed by atoms with E-state index in [2.05, 4.69) is 14.9 Å². The normalized spacial score (nSPS) is 17.0. The number of ether oxygens (including phenoxy) is 1. The smallest absolute Gasteiger partial charge is 0.0922 e. The van der Waals surface area contributed by atoms with Gasteiger partial charge in [0, 0.05) is 35.2 Å². The van der Waals surface area contributed by atoms with Gasteiger partial charge in [0.1, 0.15) is 0 Å². The molecule has 4 nitrogen and oxygen atoms in total. The Balaban J connectivity index is 1.47. The third kappa shape index (κ3) is 4.02. The molecule has 0 bridgehead atoms. The molecule has 0 atom stereocenters. The molecule has 2 heterocycles. The minimum absolute atomic E-state index is 0.307. The highest BCUT2D eigenvalue weighted by molar-refractivity contribution is 6.35. The van der Waals surface area contributed by atoms with Gasteiger partial charge in [-0.05, 0) is 25.0 Å². The number of H-pyrrole nitrogens is 1. The maximum Gasteiger partial charge on any atom is 0.0922 e. The molecule has 1 aliphatic heterocycles. The quantitative estimate of drug-likeness (QED) is 0.898. The Hall–Kier alpha value is -1.07. The number of likely N-dealkylation sites (tertiary alicyclic amines) is 1. The van der Waals surface area contributed by atoms with Crippen LogP contribution in [0, 0.1) is 0 Å². The van der Waals surface area contributed by atoms with E-state index in [0.29, 0.717) is 12.7 Å². The molecule has 22 heavy (non-hydrogen) atoms. The van der Waals surface area contributed by atoms with E-state index in [9.17, 15) is 0 Å². The van der Waals surface area contributed by atoms with E-state index in [-0.39, 0.29) is 0 Å². The first-order valence-electron chi connectivity index (χ1n) is 7.46. The van der Waals surface area contributed by atoms with Crippen molar-refractivity contribution in [1.82, 2.24) is 14.9 Å². The van der Waals surface area contributed by atoms with Gasteiger partial charge in [-0.25, -0.2) is 4.98 Å². The first-order chi connectivity index (χ1) is 10.7. The second-order valence-corrected chi connectivity index (χ2v) is 6.38. The highest BCUT2D eigenvalue weighted by Gasteiger charge is 2.21. The molecule has 0 unspecified atom stereocenters. The van der Waals surface area contributed by atoms with Crippen LogP contribution >= 0.6 is 23.2 Å². The molecule has 6 heteroatoms. The van der Waals surface area contributed by atoms with Crippen LogP contribution < -0.4 is 0 Å². The van der Waals surface area contributed by atoms with Crippen molar-refractivity contribution >= 4 is 23.2 Å². The highest BCUT2D eigenvalue weighted by Crippen LogP contribution is 2.27. The molecule has 0 aliphatic carbocycles. The molecular weight excluding hydrogens is 321 g/mol. The monoisotopic (exact) mass is 339 g/mol. The van der Waals surface area contributed by atoms with Crippen LogP contribution in [-0.2, 0) is 17.9 Å². The molecular formula is C16H19Cl2N3O. The van der Waals surface area contributed by atoms with E-state index in [1.165, 1.54) is 0 Å². The Morgan fingerprint density at radius 3 is 2.59 bits per heavy atom. The third-order valence-electron chi connectivity index (χ3n) is 4.01. The van der Waals surface area contributed by atoms with Crippen molar-refractivity contribution in [3.8, 4) is 0 Å². The van der Waals surface area contributed by atoms with Crippen LogP contribution in [-0.4, -0.2) is 34.1 Å². The van der Waals surface area contributed by atoms with Crippen molar-refractivity contribution in [3.05, 3.63) is 52.0 Å². The lowest BCUT2D eigenvalue weighted by Gasteiger charge is -2.32. The number of halogens is 2. The standard InChI is InChI=1S/C16H19Cl2N3O/c17-15-2-1-3-16(18)14(15)9-21-6-4-13(5-7-21)22-10-12-8-19-11-20-12/h1-3,8,11,13H,4-7,9-10H2,(H,19,20). The van der Waals surface area contributed by atoms with Gasteiger partial charge in [-0.2, -0.15) is 0 Å². The average molecular weight is 340 g/mol.